The van der Waals surface area contributed by atoms with Crippen molar-refractivity contribution in [2.45, 2.75) is 69.0 Å². The molecule has 0 radical (unpaired) electrons. The maximum Gasteiger partial charge on any atom is 0.326 e. The predicted molar refractivity (Wildman–Crippen MR) is 74.0 cm³/mol. The van der Waals surface area contributed by atoms with Crippen LogP contribution in [0.1, 0.15) is 51.4 Å². The molecule has 2 saturated heterocycles. The van der Waals surface area contributed by atoms with Crippen LogP contribution in [0.5, 0.6) is 0 Å². The van der Waals surface area contributed by atoms with Gasteiger partial charge in [-0.3, -0.25) is 10.1 Å². The molecule has 4 heteroatoms. The van der Waals surface area contributed by atoms with Crippen LogP contribution >= 0.6 is 0 Å². The zero-order chi connectivity index (χ0) is 13.3. The number of rotatable bonds is 3. The summed E-state index contributed by atoms with van der Waals surface area (Å²) in [6, 6.07) is 1.11. The molecule has 19 heavy (non-hydrogen) atoms. The van der Waals surface area contributed by atoms with Crippen LogP contribution in [0, 0.1) is 0 Å². The first-order valence-electron chi connectivity index (χ1n) is 7.84. The molecular formula is C15H26N2O2. The summed E-state index contributed by atoms with van der Waals surface area (Å²) in [4.78, 5) is 14.9. The van der Waals surface area contributed by atoms with Crippen LogP contribution in [0.3, 0.4) is 0 Å². The molecule has 2 heterocycles. The van der Waals surface area contributed by atoms with Crippen molar-refractivity contribution >= 4 is 5.97 Å². The van der Waals surface area contributed by atoms with Gasteiger partial charge in [0.1, 0.15) is 5.54 Å². The van der Waals surface area contributed by atoms with Crippen LogP contribution in [-0.2, 0) is 9.53 Å². The number of carbonyl (C=O) groups excluding carboxylic acids is 1. The molecule has 4 nitrogen and oxygen atoms in total. The summed E-state index contributed by atoms with van der Waals surface area (Å²) in [6.07, 6.45) is 9.40. The van der Waals surface area contributed by atoms with Gasteiger partial charge in [-0.1, -0.05) is 12.8 Å². The number of esters is 1. The predicted octanol–water partition coefficient (Wildman–Crippen LogP) is 1.69. The highest BCUT2D eigenvalue weighted by molar-refractivity contribution is 5.81. The van der Waals surface area contributed by atoms with Crippen LogP contribution in [-0.4, -0.2) is 48.7 Å². The molecule has 108 valence electrons. The van der Waals surface area contributed by atoms with E-state index in [1.807, 2.05) is 0 Å². The van der Waals surface area contributed by atoms with E-state index >= 15 is 0 Å². The number of ether oxygens (including phenoxy) is 1. The average Bonchev–Trinajstić information content (AvgIpc) is 3.08. The second-order valence-corrected chi connectivity index (χ2v) is 6.49. The molecule has 0 aromatic heterocycles. The van der Waals surface area contributed by atoms with Crippen LogP contribution < -0.4 is 5.32 Å². The molecule has 0 aromatic rings. The Bertz CT molecular complexity index is 337. The highest BCUT2D eigenvalue weighted by Gasteiger charge is 2.48. The summed E-state index contributed by atoms with van der Waals surface area (Å²) < 4.78 is 5.13. The van der Waals surface area contributed by atoms with Gasteiger partial charge in [0.15, 0.2) is 0 Å². The van der Waals surface area contributed by atoms with E-state index in [-0.39, 0.29) is 5.97 Å². The number of nitrogens with zero attached hydrogens (tertiary/aromatic N) is 1. The van der Waals surface area contributed by atoms with Gasteiger partial charge in [-0.25, -0.2) is 0 Å². The Kier molecular flexibility index (Phi) is 3.81. The first-order chi connectivity index (χ1) is 9.23. The monoisotopic (exact) mass is 266 g/mol. The third-order valence-corrected chi connectivity index (χ3v) is 5.32. The minimum atomic E-state index is -0.407. The number of fused-ring (bicyclic) bond motifs is 1. The van der Waals surface area contributed by atoms with E-state index in [9.17, 15) is 4.79 Å². The smallest absolute Gasteiger partial charge is 0.326 e. The van der Waals surface area contributed by atoms with Crippen LogP contribution in [0.4, 0.5) is 0 Å². The zero-order valence-electron chi connectivity index (χ0n) is 12.0. The molecule has 3 fully saturated rings. The summed E-state index contributed by atoms with van der Waals surface area (Å²) in [5.74, 6) is -0.0362. The lowest BCUT2D eigenvalue weighted by Gasteiger charge is -2.44. The fourth-order valence-corrected chi connectivity index (χ4v) is 4.29. The van der Waals surface area contributed by atoms with Gasteiger partial charge in [0.25, 0.3) is 0 Å². The zero-order valence-corrected chi connectivity index (χ0v) is 12.0. The van der Waals surface area contributed by atoms with Crippen LogP contribution in [0.2, 0.25) is 0 Å². The molecule has 0 aromatic carbocycles. The van der Waals surface area contributed by atoms with Crippen molar-refractivity contribution in [3.8, 4) is 0 Å². The quantitative estimate of drug-likeness (QED) is 0.789. The van der Waals surface area contributed by atoms with Gasteiger partial charge in [-0.2, -0.15) is 0 Å². The number of piperidine rings is 1. The van der Waals surface area contributed by atoms with Gasteiger partial charge in [0, 0.05) is 18.6 Å². The summed E-state index contributed by atoms with van der Waals surface area (Å²) in [7, 11) is 1.53. The SMILES string of the molecule is COC(=O)C1(NC2CCCC2)CCN2CCCC2C1. The second-order valence-electron chi connectivity index (χ2n) is 6.49. The fraction of sp³-hybridized carbons (Fsp3) is 0.933. The Hall–Kier alpha value is -0.610. The number of nitrogens with one attached hydrogen (secondary N) is 1. The summed E-state index contributed by atoms with van der Waals surface area (Å²) in [5.41, 5.74) is -0.407. The number of methoxy groups -OCH3 is 1. The van der Waals surface area contributed by atoms with Crippen molar-refractivity contribution < 1.29 is 9.53 Å². The van der Waals surface area contributed by atoms with E-state index in [1.165, 1.54) is 52.2 Å². The van der Waals surface area contributed by atoms with Gasteiger partial charge < -0.3 is 9.64 Å². The van der Waals surface area contributed by atoms with Gasteiger partial charge in [0.2, 0.25) is 0 Å². The van der Waals surface area contributed by atoms with E-state index in [0.29, 0.717) is 12.1 Å². The fourth-order valence-electron chi connectivity index (χ4n) is 4.29. The molecule has 0 amide bonds. The Labute approximate surface area is 115 Å². The standard InChI is InChI=1S/C15H26N2O2/c1-19-14(18)15(16-12-5-2-3-6-12)8-10-17-9-4-7-13(17)11-15/h12-13,16H,2-11H2,1H3. The van der Waals surface area contributed by atoms with Crippen LogP contribution in [0.15, 0.2) is 0 Å². The van der Waals surface area contributed by atoms with Crippen molar-refractivity contribution in [2.75, 3.05) is 20.2 Å². The number of hydrogen-bond donors (Lipinski definition) is 1. The topological polar surface area (TPSA) is 41.6 Å². The molecule has 0 bridgehead atoms. The van der Waals surface area contributed by atoms with E-state index < -0.39 is 5.54 Å². The molecule has 2 unspecified atom stereocenters. The number of carbonyl (C=O) groups is 1. The van der Waals surface area contributed by atoms with Gasteiger partial charge in [-0.05, 0) is 45.1 Å². The minimum Gasteiger partial charge on any atom is -0.468 e. The normalized spacial score (nSPS) is 36.4. The van der Waals surface area contributed by atoms with Gasteiger partial charge >= 0.3 is 5.97 Å². The van der Waals surface area contributed by atoms with Gasteiger partial charge in [-0.15, -0.1) is 0 Å². The molecule has 1 saturated carbocycles. The lowest BCUT2D eigenvalue weighted by Crippen LogP contribution is -2.62. The molecule has 3 rings (SSSR count). The van der Waals surface area contributed by atoms with Crippen molar-refractivity contribution in [3.05, 3.63) is 0 Å². The largest absolute Gasteiger partial charge is 0.468 e. The van der Waals surface area contributed by atoms with Crippen molar-refractivity contribution in [2.24, 2.45) is 0 Å². The molecule has 0 spiro atoms. The average molecular weight is 266 g/mol. The first-order valence-corrected chi connectivity index (χ1v) is 7.84. The summed E-state index contributed by atoms with van der Waals surface area (Å²) in [5, 5.41) is 3.69. The molecule has 3 aliphatic rings. The van der Waals surface area contributed by atoms with Crippen LogP contribution in [0.25, 0.3) is 0 Å². The third kappa shape index (κ3) is 2.52. The van der Waals surface area contributed by atoms with Gasteiger partial charge in [0.05, 0.1) is 7.11 Å². The molecule has 2 aliphatic heterocycles. The first kappa shape index (κ1) is 13.4. The highest BCUT2D eigenvalue weighted by Crippen LogP contribution is 2.35. The van der Waals surface area contributed by atoms with Crippen molar-refractivity contribution in [3.63, 3.8) is 0 Å². The van der Waals surface area contributed by atoms with E-state index in [2.05, 4.69) is 10.2 Å². The Morgan fingerprint density at radius 1 is 1.21 bits per heavy atom. The lowest BCUT2D eigenvalue weighted by atomic mass is 9.82. The molecule has 1 aliphatic carbocycles. The summed E-state index contributed by atoms with van der Waals surface area (Å²) >= 11 is 0. The van der Waals surface area contributed by atoms with E-state index in [0.717, 1.165) is 19.4 Å². The molecular weight excluding hydrogens is 240 g/mol. The third-order valence-electron chi connectivity index (χ3n) is 5.32. The maximum atomic E-state index is 12.4. The Morgan fingerprint density at radius 2 is 2.00 bits per heavy atom. The summed E-state index contributed by atoms with van der Waals surface area (Å²) in [6.45, 7) is 2.25. The van der Waals surface area contributed by atoms with E-state index in [4.69, 9.17) is 4.74 Å². The Balaban J connectivity index is 1.74. The molecule has 2 atom stereocenters. The lowest BCUT2D eigenvalue weighted by molar-refractivity contribution is -0.152. The molecule has 1 N–H and O–H groups in total. The minimum absolute atomic E-state index is 0.0362. The van der Waals surface area contributed by atoms with Crippen molar-refractivity contribution in [1.82, 2.24) is 10.2 Å². The number of hydrogen-bond acceptors (Lipinski definition) is 4. The van der Waals surface area contributed by atoms with Crippen molar-refractivity contribution in [1.29, 1.82) is 0 Å². The maximum absolute atomic E-state index is 12.4. The highest BCUT2D eigenvalue weighted by atomic mass is 16.5. The second kappa shape index (κ2) is 5.41. The van der Waals surface area contributed by atoms with E-state index in [1.54, 1.807) is 0 Å². The Morgan fingerprint density at radius 3 is 2.74 bits per heavy atom.